The van der Waals surface area contributed by atoms with Gasteiger partial charge in [0.1, 0.15) is 0 Å². The Morgan fingerprint density at radius 2 is 1.85 bits per heavy atom. The van der Waals surface area contributed by atoms with Crippen molar-refractivity contribution in [3.05, 3.63) is 29.3 Å². The van der Waals surface area contributed by atoms with Gasteiger partial charge in [-0.05, 0) is 45.2 Å². The highest BCUT2D eigenvalue weighted by molar-refractivity contribution is 7.90. The predicted molar refractivity (Wildman–Crippen MR) is 98.6 cm³/mol. The normalized spacial score (nSPS) is 13.2. The summed E-state index contributed by atoms with van der Waals surface area (Å²) < 4.78 is 30.8. The number of hydrogen-bond acceptors (Lipinski definition) is 6. The van der Waals surface area contributed by atoms with Gasteiger partial charge in [0.05, 0.1) is 6.10 Å². The van der Waals surface area contributed by atoms with Crippen molar-refractivity contribution in [3.63, 3.8) is 0 Å². The summed E-state index contributed by atoms with van der Waals surface area (Å²) in [6.07, 6.45) is 0.282. The van der Waals surface area contributed by atoms with Crippen LogP contribution in [0.5, 0.6) is 0 Å². The van der Waals surface area contributed by atoms with Crippen LogP contribution in [0.1, 0.15) is 38.3 Å². The van der Waals surface area contributed by atoms with E-state index in [1.54, 1.807) is 46.8 Å². The summed E-state index contributed by atoms with van der Waals surface area (Å²) in [6.45, 7) is 8.53. The molecule has 0 radical (unpaired) electrons. The van der Waals surface area contributed by atoms with E-state index in [4.69, 9.17) is 9.57 Å². The third-order valence-corrected chi connectivity index (χ3v) is 5.16. The summed E-state index contributed by atoms with van der Waals surface area (Å²) >= 11 is 0. The molecule has 8 nitrogen and oxygen atoms in total. The highest BCUT2D eigenvalue weighted by Gasteiger charge is 2.37. The second kappa shape index (κ2) is 9.98. The van der Waals surface area contributed by atoms with Crippen LogP contribution >= 0.6 is 0 Å². The molecule has 2 N–H and O–H groups in total. The van der Waals surface area contributed by atoms with Crippen LogP contribution in [0.25, 0.3) is 0 Å². The summed E-state index contributed by atoms with van der Waals surface area (Å²) in [4.78, 5) is 17.4. The zero-order valence-corrected chi connectivity index (χ0v) is 16.7. The van der Waals surface area contributed by atoms with Crippen molar-refractivity contribution >= 4 is 21.6 Å². The smallest absolute Gasteiger partial charge is 0.272 e. The van der Waals surface area contributed by atoms with Gasteiger partial charge < -0.3 is 15.2 Å². The van der Waals surface area contributed by atoms with E-state index in [9.17, 15) is 18.3 Å². The molecule has 1 atom stereocenters. The lowest BCUT2D eigenvalue weighted by Gasteiger charge is -2.24. The summed E-state index contributed by atoms with van der Waals surface area (Å²) in [5.74, 6) is -1.04. The molecule has 26 heavy (non-hydrogen) atoms. The molecule has 0 aliphatic heterocycles. The Hall–Kier alpha value is -1.52. The minimum Gasteiger partial charge on any atom is -0.368 e. The zero-order chi connectivity index (χ0) is 19.9. The fraction of sp³-hybridized carbons (Fsp3) is 0.588. The molecule has 0 fully saturated rings. The van der Waals surface area contributed by atoms with Crippen molar-refractivity contribution in [1.82, 2.24) is 4.47 Å². The van der Waals surface area contributed by atoms with E-state index in [0.717, 1.165) is 11.1 Å². The van der Waals surface area contributed by atoms with Gasteiger partial charge in [-0.1, -0.05) is 29.6 Å². The Kier molecular flexibility index (Phi) is 8.65. The molecule has 0 bridgehead atoms. The van der Waals surface area contributed by atoms with Gasteiger partial charge in [-0.2, -0.15) is 0 Å². The first-order valence-corrected chi connectivity index (χ1v) is 9.92. The van der Waals surface area contributed by atoms with Crippen LogP contribution in [-0.2, 0) is 24.4 Å². The predicted octanol–water partition coefficient (Wildman–Crippen LogP) is 1.92. The monoisotopic (exact) mass is 388 g/mol. The van der Waals surface area contributed by atoms with Crippen LogP contribution in [0, 0.1) is 13.8 Å². The average molecular weight is 388 g/mol. The number of nitrogens with zero attached hydrogens (tertiary/aromatic N) is 1. The van der Waals surface area contributed by atoms with E-state index in [1.807, 2.05) is 6.07 Å². The zero-order valence-electron chi connectivity index (χ0n) is 15.9. The number of aliphatic hydroxyl groups excluding tert-OH is 1. The van der Waals surface area contributed by atoms with E-state index in [-0.39, 0.29) is 19.4 Å². The molecule has 0 spiro atoms. The lowest BCUT2D eigenvalue weighted by Crippen LogP contribution is -2.45. The molecule has 1 aromatic rings. The Morgan fingerprint density at radius 3 is 2.35 bits per heavy atom. The Bertz CT molecular complexity index is 685. The van der Waals surface area contributed by atoms with Crippen molar-refractivity contribution < 1.29 is 27.9 Å². The number of aliphatic hydroxyl groups is 1. The van der Waals surface area contributed by atoms with Crippen LogP contribution in [0.15, 0.2) is 18.2 Å². The van der Waals surface area contributed by atoms with Crippen LogP contribution in [-0.4, -0.2) is 48.8 Å². The van der Waals surface area contributed by atoms with Gasteiger partial charge >= 0.3 is 0 Å². The second-order valence-corrected chi connectivity index (χ2v) is 8.03. The maximum atomic E-state index is 12.5. The van der Waals surface area contributed by atoms with Crippen LogP contribution in [0.4, 0.5) is 5.69 Å². The number of amides is 1. The van der Waals surface area contributed by atoms with Crippen LogP contribution in [0.3, 0.4) is 0 Å². The Labute approximate surface area is 155 Å². The molecule has 1 amide bonds. The summed E-state index contributed by atoms with van der Waals surface area (Å²) in [7, 11) is -4.43. The lowest BCUT2D eigenvalue weighted by molar-refractivity contribution is -0.186. The van der Waals surface area contributed by atoms with Gasteiger partial charge in [-0.3, -0.25) is 9.63 Å². The first-order valence-electron chi connectivity index (χ1n) is 8.42. The standard InChI is InChI=1S/C17H28N2O6S/c1-6-10-19(25-11-24-12(2)3)26(22,23)17(21)16(20)18-15-13(4)8-7-9-14(15)5/h7-9,12,17,21H,6,10-11H2,1-5H3,(H,18,20). The molecular formula is C17H28N2O6S. The molecule has 0 aromatic heterocycles. The molecule has 0 aliphatic rings. The van der Waals surface area contributed by atoms with Crippen molar-refractivity contribution in [2.45, 2.75) is 52.6 Å². The minimum atomic E-state index is -4.43. The fourth-order valence-electron chi connectivity index (χ4n) is 2.12. The van der Waals surface area contributed by atoms with E-state index in [2.05, 4.69) is 5.32 Å². The first kappa shape index (κ1) is 22.5. The van der Waals surface area contributed by atoms with E-state index >= 15 is 0 Å². The number of carbonyl (C=O) groups excluding carboxylic acids is 1. The average Bonchev–Trinajstić information content (AvgIpc) is 2.56. The van der Waals surface area contributed by atoms with E-state index in [1.165, 1.54) is 0 Å². The van der Waals surface area contributed by atoms with Gasteiger partial charge in [-0.15, -0.1) is 0 Å². The number of aryl methyl sites for hydroxylation is 2. The summed E-state index contributed by atoms with van der Waals surface area (Å²) in [5.41, 5.74) is -0.310. The minimum absolute atomic E-state index is 0.0163. The van der Waals surface area contributed by atoms with Gasteiger partial charge in [0.25, 0.3) is 21.4 Å². The number of ether oxygens (including phenoxy) is 1. The molecule has 148 valence electrons. The van der Waals surface area contributed by atoms with Gasteiger partial charge in [0.2, 0.25) is 0 Å². The highest BCUT2D eigenvalue weighted by atomic mass is 32.2. The molecule has 0 heterocycles. The molecule has 1 aromatic carbocycles. The van der Waals surface area contributed by atoms with E-state index in [0.29, 0.717) is 16.6 Å². The van der Waals surface area contributed by atoms with Gasteiger partial charge in [0.15, 0.2) is 6.79 Å². The number of sulfonamides is 1. The molecule has 0 saturated heterocycles. The molecule has 1 rings (SSSR count). The molecule has 0 saturated carbocycles. The fourth-order valence-corrected chi connectivity index (χ4v) is 3.30. The van der Waals surface area contributed by atoms with Crippen molar-refractivity contribution in [1.29, 1.82) is 0 Å². The van der Waals surface area contributed by atoms with Crippen LogP contribution < -0.4 is 5.32 Å². The Morgan fingerprint density at radius 1 is 1.27 bits per heavy atom. The Balaban J connectivity index is 2.91. The third-order valence-electron chi connectivity index (χ3n) is 3.52. The maximum absolute atomic E-state index is 12.5. The number of hydrogen-bond donors (Lipinski definition) is 2. The SMILES string of the molecule is CCCN(OCOC(C)C)S(=O)(=O)C(O)C(=O)Nc1c(C)cccc1C. The quantitative estimate of drug-likeness (QED) is 0.469. The number of carbonyl (C=O) groups is 1. The number of rotatable bonds is 10. The number of hydroxylamine groups is 1. The largest absolute Gasteiger partial charge is 0.368 e. The molecular weight excluding hydrogens is 360 g/mol. The van der Waals surface area contributed by atoms with Crippen LogP contribution in [0.2, 0.25) is 0 Å². The topological polar surface area (TPSA) is 105 Å². The third kappa shape index (κ3) is 6.03. The summed E-state index contributed by atoms with van der Waals surface area (Å²) in [6, 6.07) is 5.37. The molecule has 9 heteroatoms. The number of anilines is 1. The number of nitrogens with one attached hydrogen (secondary N) is 1. The second-order valence-electron chi connectivity index (χ2n) is 6.14. The van der Waals surface area contributed by atoms with Crippen molar-refractivity contribution in [3.8, 4) is 0 Å². The van der Waals surface area contributed by atoms with Crippen molar-refractivity contribution in [2.24, 2.45) is 0 Å². The van der Waals surface area contributed by atoms with Crippen molar-refractivity contribution in [2.75, 3.05) is 18.7 Å². The first-order chi connectivity index (χ1) is 12.1. The molecule has 0 aliphatic carbocycles. The number of benzene rings is 1. The lowest BCUT2D eigenvalue weighted by atomic mass is 10.1. The summed E-state index contributed by atoms with van der Waals surface area (Å²) in [5, 5.41) is 12.6. The van der Waals surface area contributed by atoms with Gasteiger partial charge in [0, 0.05) is 12.2 Å². The number of para-hydroxylation sites is 1. The highest BCUT2D eigenvalue weighted by Crippen LogP contribution is 2.20. The van der Waals surface area contributed by atoms with Gasteiger partial charge in [-0.25, -0.2) is 8.42 Å². The maximum Gasteiger partial charge on any atom is 0.272 e. The van der Waals surface area contributed by atoms with E-state index < -0.39 is 21.4 Å². The molecule has 1 unspecified atom stereocenters.